The molecular formula is C11H14IN3O3. The lowest BCUT2D eigenvalue weighted by Crippen LogP contribution is -2.48. The summed E-state index contributed by atoms with van der Waals surface area (Å²) >= 11 is 2.20. The molecule has 2 saturated heterocycles. The Morgan fingerprint density at radius 3 is 2.94 bits per heavy atom. The normalized spacial score (nSPS) is 24.3. The van der Waals surface area contributed by atoms with Crippen molar-refractivity contribution in [3.05, 3.63) is 15.5 Å². The smallest absolute Gasteiger partial charge is 0.407 e. The summed E-state index contributed by atoms with van der Waals surface area (Å²) in [7, 11) is 0. The zero-order valence-corrected chi connectivity index (χ0v) is 11.9. The average Bonchev–Trinajstić information content (AvgIpc) is 2.83. The lowest BCUT2D eigenvalue weighted by Gasteiger charge is -2.37. The van der Waals surface area contributed by atoms with E-state index in [9.17, 15) is 4.79 Å². The molecule has 2 fully saturated rings. The van der Waals surface area contributed by atoms with Gasteiger partial charge in [-0.1, -0.05) is 0 Å². The molecular weight excluding hydrogens is 349 g/mol. The molecule has 0 bridgehead atoms. The van der Waals surface area contributed by atoms with Gasteiger partial charge in [0.15, 0.2) is 0 Å². The summed E-state index contributed by atoms with van der Waals surface area (Å²) in [5.74, 6) is 0.276. The molecule has 0 aromatic carbocycles. The summed E-state index contributed by atoms with van der Waals surface area (Å²) in [6.07, 6.45) is 0.149. The van der Waals surface area contributed by atoms with E-state index in [0.717, 1.165) is 22.4 Å². The lowest BCUT2D eigenvalue weighted by atomic mass is 9.96. The van der Waals surface area contributed by atoms with E-state index >= 15 is 0 Å². The van der Waals surface area contributed by atoms with Crippen molar-refractivity contribution in [3.63, 3.8) is 0 Å². The summed E-state index contributed by atoms with van der Waals surface area (Å²) in [4.78, 5) is 12.2. The van der Waals surface area contributed by atoms with Gasteiger partial charge in [-0.3, -0.25) is 4.68 Å². The summed E-state index contributed by atoms with van der Waals surface area (Å²) < 4.78 is 8.40. The number of nitrogens with zero attached hydrogens (tertiary/aromatic N) is 3. The van der Waals surface area contributed by atoms with Crippen LogP contribution in [0.15, 0.2) is 6.07 Å². The van der Waals surface area contributed by atoms with Gasteiger partial charge in [-0.05, 0) is 35.1 Å². The standard InChI is InChI=1S/C11H14IN3O3/c12-10-3-9(7-4-14(5-7)11(16)17)15(13-10)8-1-2-18-6-8/h3,7-8H,1-2,4-6H2,(H,16,17). The molecule has 0 saturated carbocycles. The Kier molecular flexibility index (Phi) is 3.18. The Morgan fingerprint density at radius 2 is 2.33 bits per heavy atom. The van der Waals surface area contributed by atoms with E-state index in [1.807, 2.05) is 4.68 Å². The number of carbonyl (C=O) groups is 1. The van der Waals surface area contributed by atoms with Gasteiger partial charge in [0.05, 0.1) is 12.6 Å². The Bertz CT molecular complexity index is 464. The summed E-state index contributed by atoms with van der Waals surface area (Å²) in [6, 6.07) is 2.37. The molecule has 7 heteroatoms. The second kappa shape index (κ2) is 4.69. The summed E-state index contributed by atoms with van der Waals surface area (Å²) in [5, 5.41) is 13.4. The predicted octanol–water partition coefficient (Wildman–Crippen LogP) is 1.53. The highest BCUT2D eigenvalue weighted by atomic mass is 127. The third-order valence-corrected chi connectivity index (χ3v) is 4.08. The van der Waals surface area contributed by atoms with E-state index in [1.54, 1.807) is 0 Å². The van der Waals surface area contributed by atoms with Crippen LogP contribution >= 0.6 is 22.6 Å². The Morgan fingerprint density at radius 1 is 1.56 bits per heavy atom. The molecule has 2 aliphatic rings. The first kappa shape index (κ1) is 12.2. The van der Waals surface area contributed by atoms with Gasteiger partial charge in [0.1, 0.15) is 3.70 Å². The van der Waals surface area contributed by atoms with Crippen LogP contribution in [0, 0.1) is 3.70 Å². The van der Waals surface area contributed by atoms with Crippen LogP contribution in [-0.4, -0.2) is 52.2 Å². The molecule has 1 atom stereocenters. The first-order chi connectivity index (χ1) is 8.65. The third-order valence-electron chi connectivity index (χ3n) is 3.56. The molecule has 1 aromatic rings. The predicted molar refractivity (Wildman–Crippen MR) is 71.8 cm³/mol. The SMILES string of the molecule is O=C(O)N1CC(c2cc(I)nn2C2CCOC2)C1. The first-order valence-electron chi connectivity index (χ1n) is 5.95. The number of hydrogen-bond donors (Lipinski definition) is 1. The largest absolute Gasteiger partial charge is 0.465 e. The molecule has 98 valence electrons. The summed E-state index contributed by atoms with van der Waals surface area (Å²) in [6.45, 7) is 2.64. The minimum Gasteiger partial charge on any atom is -0.465 e. The molecule has 3 heterocycles. The highest BCUT2D eigenvalue weighted by Crippen LogP contribution is 2.31. The van der Waals surface area contributed by atoms with Crippen LogP contribution in [0.2, 0.25) is 0 Å². The van der Waals surface area contributed by atoms with Crippen molar-refractivity contribution in [1.82, 2.24) is 14.7 Å². The fourth-order valence-corrected chi connectivity index (χ4v) is 3.06. The van der Waals surface area contributed by atoms with E-state index in [-0.39, 0.29) is 5.92 Å². The van der Waals surface area contributed by atoms with Gasteiger partial charge >= 0.3 is 6.09 Å². The molecule has 6 nitrogen and oxygen atoms in total. The second-order valence-electron chi connectivity index (χ2n) is 4.74. The molecule has 1 aromatic heterocycles. The maximum Gasteiger partial charge on any atom is 0.407 e. The maximum atomic E-state index is 10.8. The van der Waals surface area contributed by atoms with Gasteiger partial charge in [0.25, 0.3) is 0 Å². The highest BCUT2D eigenvalue weighted by molar-refractivity contribution is 14.1. The van der Waals surface area contributed by atoms with E-state index < -0.39 is 6.09 Å². The lowest BCUT2D eigenvalue weighted by molar-refractivity contribution is 0.102. The quantitative estimate of drug-likeness (QED) is 0.810. The molecule has 0 spiro atoms. The molecule has 2 aliphatic heterocycles. The molecule has 0 radical (unpaired) electrons. The Hall–Kier alpha value is -0.830. The van der Waals surface area contributed by atoms with Crippen molar-refractivity contribution in [2.45, 2.75) is 18.4 Å². The fraction of sp³-hybridized carbons (Fsp3) is 0.636. The van der Waals surface area contributed by atoms with Gasteiger partial charge in [-0.15, -0.1) is 0 Å². The highest BCUT2D eigenvalue weighted by Gasteiger charge is 2.35. The molecule has 0 aliphatic carbocycles. The van der Waals surface area contributed by atoms with E-state index in [4.69, 9.17) is 9.84 Å². The van der Waals surface area contributed by atoms with Crippen LogP contribution < -0.4 is 0 Å². The van der Waals surface area contributed by atoms with Crippen molar-refractivity contribution in [2.24, 2.45) is 0 Å². The van der Waals surface area contributed by atoms with Crippen LogP contribution in [-0.2, 0) is 4.74 Å². The van der Waals surface area contributed by atoms with Crippen molar-refractivity contribution in [3.8, 4) is 0 Å². The van der Waals surface area contributed by atoms with Crippen molar-refractivity contribution in [2.75, 3.05) is 26.3 Å². The van der Waals surface area contributed by atoms with Crippen LogP contribution in [0.4, 0.5) is 4.79 Å². The molecule has 18 heavy (non-hydrogen) atoms. The topological polar surface area (TPSA) is 67.6 Å². The molecule has 1 unspecified atom stereocenters. The Balaban J connectivity index is 1.78. The first-order valence-corrected chi connectivity index (χ1v) is 7.03. The number of amides is 1. The number of hydrogen-bond acceptors (Lipinski definition) is 3. The van der Waals surface area contributed by atoms with E-state index in [1.165, 1.54) is 4.90 Å². The van der Waals surface area contributed by atoms with Crippen molar-refractivity contribution >= 4 is 28.7 Å². The van der Waals surface area contributed by atoms with Gasteiger partial charge < -0.3 is 14.7 Å². The van der Waals surface area contributed by atoms with E-state index in [2.05, 4.69) is 33.8 Å². The Labute approximate surface area is 118 Å². The number of aromatic nitrogens is 2. The number of carboxylic acid groups (broad SMARTS) is 1. The number of halogens is 1. The van der Waals surface area contributed by atoms with Crippen LogP contribution in [0.1, 0.15) is 24.1 Å². The minimum absolute atomic E-state index is 0.276. The zero-order valence-electron chi connectivity index (χ0n) is 9.75. The monoisotopic (exact) mass is 363 g/mol. The van der Waals surface area contributed by atoms with Gasteiger partial charge in [0.2, 0.25) is 0 Å². The van der Waals surface area contributed by atoms with Gasteiger partial charge in [-0.2, -0.15) is 5.10 Å². The average molecular weight is 363 g/mol. The van der Waals surface area contributed by atoms with Crippen molar-refractivity contribution in [1.29, 1.82) is 0 Å². The number of rotatable bonds is 2. The van der Waals surface area contributed by atoms with Crippen LogP contribution in [0.3, 0.4) is 0 Å². The maximum absolute atomic E-state index is 10.8. The molecule has 1 N–H and O–H groups in total. The second-order valence-corrected chi connectivity index (χ2v) is 5.84. The van der Waals surface area contributed by atoms with Gasteiger partial charge in [0, 0.05) is 31.3 Å². The van der Waals surface area contributed by atoms with Crippen molar-refractivity contribution < 1.29 is 14.6 Å². The number of ether oxygens (including phenoxy) is 1. The zero-order chi connectivity index (χ0) is 12.7. The van der Waals surface area contributed by atoms with E-state index in [0.29, 0.717) is 25.7 Å². The van der Waals surface area contributed by atoms with Crippen LogP contribution in [0.5, 0.6) is 0 Å². The summed E-state index contributed by atoms with van der Waals surface area (Å²) in [5.41, 5.74) is 1.15. The fourth-order valence-electron chi connectivity index (χ4n) is 2.51. The van der Waals surface area contributed by atoms with Crippen LogP contribution in [0.25, 0.3) is 0 Å². The number of likely N-dealkylation sites (tertiary alicyclic amines) is 1. The molecule has 1 amide bonds. The minimum atomic E-state index is -0.837. The third kappa shape index (κ3) is 2.09. The van der Waals surface area contributed by atoms with Gasteiger partial charge in [-0.25, -0.2) is 4.79 Å². The molecule has 3 rings (SSSR count).